The second-order valence-corrected chi connectivity index (χ2v) is 2.76. The van der Waals surface area contributed by atoms with Crippen LogP contribution < -0.4 is 5.32 Å². The van der Waals surface area contributed by atoms with E-state index in [4.69, 9.17) is 5.11 Å². The maximum absolute atomic E-state index is 11.3. The maximum Gasteiger partial charge on any atom is 0.253 e. The Labute approximate surface area is 77.4 Å². The highest BCUT2D eigenvalue weighted by Gasteiger charge is 2.07. The number of benzene rings is 1. The third-order valence-electron chi connectivity index (χ3n) is 1.72. The minimum atomic E-state index is -0.757. The van der Waals surface area contributed by atoms with Gasteiger partial charge in [0, 0.05) is 5.56 Å². The first-order valence-corrected chi connectivity index (χ1v) is 4.28. The minimum absolute atomic E-state index is 0.241. The van der Waals surface area contributed by atoms with Crippen molar-refractivity contribution in [2.75, 3.05) is 0 Å². The number of aliphatic hydroxyl groups excluding tert-OH is 1. The molecular weight excluding hydrogens is 166 g/mol. The average Bonchev–Trinajstić information content (AvgIpc) is 2.19. The van der Waals surface area contributed by atoms with Gasteiger partial charge in [0.2, 0.25) is 0 Å². The first-order chi connectivity index (χ1) is 6.24. The van der Waals surface area contributed by atoms with Gasteiger partial charge in [0.15, 0.2) is 0 Å². The van der Waals surface area contributed by atoms with Gasteiger partial charge >= 0.3 is 0 Å². The lowest BCUT2D eigenvalue weighted by Gasteiger charge is -2.09. The van der Waals surface area contributed by atoms with Crippen LogP contribution in [0.1, 0.15) is 23.7 Å². The molecule has 1 aromatic carbocycles. The van der Waals surface area contributed by atoms with Crippen LogP contribution in [0.15, 0.2) is 30.3 Å². The summed E-state index contributed by atoms with van der Waals surface area (Å²) < 4.78 is 0. The van der Waals surface area contributed by atoms with Crippen LogP contribution in [0, 0.1) is 0 Å². The fourth-order valence-corrected chi connectivity index (χ4v) is 0.926. The molecule has 1 aromatic rings. The standard InChI is InChI=1S/C10H13NO2/c1-2-9(12)11-10(13)8-6-4-3-5-7-8/h3-7,9,12H,2H2,1H3,(H,11,13). The summed E-state index contributed by atoms with van der Waals surface area (Å²) in [6, 6.07) is 8.82. The quantitative estimate of drug-likeness (QED) is 0.684. The summed E-state index contributed by atoms with van der Waals surface area (Å²) in [4.78, 5) is 11.3. The lowest BCUT2D eigenvalue weighted by Crippen LogP contribution is -2.33. The Bertz CT molecular complexity index is 272. The molecule has 0 aliphatic rings. The zero-order chi connectivity index (χ0) is 9.68. The summed E-state index contributed by atoms with van der Waals surface area (Å²) in [6.45, 7) is 1.80. The number of amides is 1. The normalized spacial score (nSPS) is 12.2. The average molecular weight is 179 g/mol. The van der Waals surface area contributed by atoms with Gasteiger partial charge in [0.1, 0.15) is 6.23 Å². The van der Waals surface area contributed by atoms with Gasteiger partial charge in [-0.3, -0.25) is 4.79 Å². The van der Waals surface area contributed by atoms with E-state index in [-0.39, 0.29) is 5.91 Å². The molecule has 2 N–H and O–H groups in total. The summed E-state index contributed by atoms with van der Waals surface area (Å²) >= 11 is 0. The lowest BCUT2D eigenvalue weighted by atomic mass is 10.2. The van der Waals surface area contributed by atoms with E-state index < -0.39 is 6.23 Å². The van der Waals surface area contributed by atoms with E-state index in [0.717, 1.165) is 0 Å². The van der Waals surface area contributed by atoms with Gasteiger partial charge < -0.3 is 10.4 Å². The fourth-order valence-electron chi connectivity index (χ4n) is 0.926. The van der Waals surface area contributed by atoms with Gasteiger partial charge in [-0.2, -0.15) is 0 Å². The molecule has 1 rings (SSSR count). The first kappa shape index (κ1) is 9.74. The molecule has 0 bridgehead atoms. The van der Waals surface area contributed by atoms with Crippen LogP contribution in [0.5, 0.6) is 0 Å². The van der Waals surface area contributed by atoms with E-state index in [1.165, 1.54) is 0 Å². The van der Waals surface area contributed by atoms with Gasteiger partial charge in [-0.15, -0.1) is 0 Å². The van der Waals surface area contributed by atoms with Crippen LogP contribution in [-0.4, -0.2) is 17.2 Å². The van der Waals surface area contributed by atoms with Crippen molar-refractivity contribution in [1.82, 2.24) is 5.32 Å². The summed E-state index contributed by atoms with van der Waals surface area (Å²) in [5.74, 6) is -0.241. The van der Waals surface area contributed by atoms with E-state index in [1.807, 2.05) is 6.07 Å². The van der Waals surface area contributed by atoms with E-state index in [2.05, 4.69) is 5.32 Å². The van der Waals surface area contributed by atoms with Crippen LogP contribution >= 0.6 is 0 Å². The smallest absolute Gasteiger partial charge is 0.253 e. The monoisotopic (exact) mass is 179 g/mol. The molecule has 0 aliphatic heterocycles. The van der Waals surface area contributed by atoms with Crippen molar-refractivity contribution in [1.29, 1.82) is 0 Å². The zero-order valence-corrected chi connectivity index (χ0v) is 7.53. The van der Waals surface area contributed by atoms with Crippen molar-refractivity contribution in [3.8, 4) is 0 Å². The van der Waals surface area contributed by atoms with Crippen LogP contribution in [0.4, 0.5) is 0 Å². The van der Waals surface area contributed by atoms with Crippen molar-refractivity contribution < 1.29 is 9.90 Å². The Morgan fingerprint density at radius 2 is 2.08 bits per heavy atom. The third kappa shape index (κ3) is 2.87. The third-order valence-corrected chi connectivity index (χ3v) is 1.72. The minimum Gasteiger partial charge on any atom is -0.374 e. The van der Waals surface area contributed by atoms with E-state index >= 15 is 0 Å². The Hall–Kier alpha value is -1.35. The molecule has 1 amide bonds. The fraction of sp³-hybridized carbons (Fsp3) is 0.300. The van der Waals surface area contributed by atoms with Gasteiger partial charge in [-0.05, 0) is 18.6 Å². The summed E-state index contributed by atoms with van der Waals surface area (Å²) in [7, 11) is 0. The number of hydrogen-bond donors (Lipinski definition) is 2. The molecule has 3 nitrogen and oxygen atoms in total. The maximum atomic E-state index is 11.3. The largest absolute Gasteiger partial charge is 0.374 e. The predicted molar refractivity (Wildman–Crippen MR) is 50.2 cm³/mol. The second kappa shape index (κ2) is 4.62. The van der Waals surface area contributed by atoms with Crippen molar-refractivity contribution in [2.45, 2.75) is 19.6 Å². The SMILES string of the molecule is CCC(O)NC(=O)c1ccccc1. The molecule has 0 saturated carbocycles. The Kier molecular flexibility index (Phi) is 3.46. The molecule has 3 heteroatoms. The van der Waals surface area contributed by atoms with Gasteiger partial charge in [0.25, 0.3) is 5.91 Å². The molecule has 0 fully saturated rings. The number of nitrogens with one attached hydrogen (secondary N) is 1. The number of aliphatic hydroxyl groups is 1. The number of carbonyl (C=O) groups is 1. The second-order valence-electron chi connectivity index (χ2n) is 2.76. The lowest BCUT2D eigenvalue weighted by molar-refractivity contribution is 0.0776. The van der Waals surface area contributed by atoms with Crippen molar-refractivity contribution in [3.05, 3.63) is 35.9 Å². The van der Waals surface area contributed by atoms with Crippen molar-refractivity contribution >= 4 is 5.91 Å². The summed E-state index contributed by atoms with van der Waals surface area (Å²) in [5.41, 5.74) is 0.565. The summed E-state index contributed by atoms with van der Waals surface area (Å²) in [6.07, 6.45) is -0.244. The van der Waals surface area contributed by atoms with Crippen LogP contribution in [0.2, 0.25) is 0 Å². The van der Waals surface area contributed by atoms with Crippen molar-refractivity contribution in [3.63, 3.8) is 0 Å². The number of hydrogen-bond acceptors (Lipinski definition) is 2. The molecule has 0 heterocycles. The van der Waals surface area contributed by atoms with Crippen molar-refractivity contribution in [2.24, 2.45) is 0 Å². The Morgan fingerprint density at radius 3 is 2.62 bits per heavy atom. The van der Waals surface area contributed by atoms with Gasteiger partial charge in [0.05, 0.1) is 0 Å². The van der Waals surface area contributed by atoms with Gasteiger partial charge in [-0.25, -0.2) is 0 Å². The molecule has 13 heavy (non-hydrogen) atoms. The molecule has 1 atom stereocenters. The predicted octanol–water partition coefficient (Wildman–Crippen LogP) is 1.14. The van der Waals surface area contributed by atoms with Crippen LogP contribution in [-0.2, 0) is 0 Å². The van der Waals surface area contributed by atoms with Crippen LogP contribution in [0.3, 0.4) is 0 Å². The number of rotatable bonds is 3. The molecule has 0 aliphatic carbocycles. The topological polar surface area (TPSA) is 49.3 Å². The highest BCUT2D eigenvalue weighted by Crippen LogP contribution is 1.98. The molecule has 0 radical (unpaired) electrons. The molecule has 0 aromatic heterocycles. The first-order valence-electron chi connectivity index (χ1n) is 4.28. The Balaban J connectivity index is 2.59. The molecule has 0 spiro atoms. The highest BCUT2D eigenvalue weighted by atomic mass is 16.3. The van der Waals surface area contributed by atoms with E-state index in [1.54, 1.807) is 31.2 Å². The number of carbonyl (C=O) groups excluding carboxylic acids is 1. The zero-order valence-electron chi connectivity index (χ0n) is 7.53. The van der Waals surface area contributed by atoms with Gasteiger partial charge in [-0.1, -0.05) is 25.1 Å². The molecule has 1 unspecified atom stereocenters. The molecule has 70 valence electrons. The molecule has 0 saturated heterocycles. The Morgan fingerprint density at radius 1 is 1.46 bits per heavy atom. The van der Waals surface area contributed by atoms with E-state index in [0.29, 0.717) is 12.0 Å². The van der Waals surface area contributed by atoms with E-state index in [9.17, 15) is 4.79 Å². The molecular formula is C10H13NO2. The summed E-state index contributed by atoms with van der Waals surface area (Å²) in [5, 5.41) is 11.6. The van der Waals surface area contributed by atoms with Crippen LogP contribution in [0.25, 0.3) is 0 Å². The highest BCUT2D eigenvalue weighted by molar-refractivity contribution is 5.94.